The fourth-order valence-corrected chi connectivity index (χ4v) is 2.04. The van der Waals surface area contributed by atoms with Crippen LogP contribution in [0.1, 0.15) is 11.3 Å². The molecule has 1 rings (SSSR count). The van der Waals surface area contributed by atoms with Gasteiger partial charge in [-0.15, -0.1) is 13.2 Å². The summed E-state index contributed by atoms with van der Waals surface area (Å²) < 4.78 is 62.1. The fraction of sp³-hybridized carbons (Fsp3) is 0.250. The van der Waals surface area contributed by atoms with E-state index in [-0.39, 0.29) is 5.69 Å². The number of nitriles is 1. The molecular formula is C8H4ClF3N2O3S. The molecule has 1 heterocycles. The molecule has 0 saturated carbocycles. The SMILES string of the molecule is Cc1cc(C#N)c(OC(F)(F)F)c(S(=O)(=O)Cl)n1. The van der Waals surface area contributed by atoms with Gasteiger partial charge in [-0.1, -0.05) is 0 Å². The Balaban J connectivity index is 3.60. The molecule has 0 unspecified atom stereocenters. The Hall–Kier alpha value is -1.53. The first-order valence-corrected chi connectivity index (χ1v) is 6.47. The van der Waals surface area contributed by atoms with Crippen LogP contribution in [-0.4, -0.2) is 19.8 Å². The van der Waals surface area contributed by atoms with Crippen molar-refractivity contribution in [1.29, 1.82) is 5.26 Å². The molecule has 0 aromatic carbocycles. The summed E-state index contributed by atoms with van der Waals surface area (Å²) in [5.74, 6) is -1.23. The first-order valence-electron chi connectivity index (χ1n) is 4.17. The van der Waals surface area contributed by atoms with Crippen LogP contribution < -0.4 is 4.74 Å². The van der Waals surface area contributed by atoms with E-state index in [0.29, 0.717) is 0 Å². The highest BCUT2D eigenvalue weighted by atomic mass is 35.7. The van der Waals surface area contributed by atoms with Crippen molar-refractivity contribution < 1.29 is 26.3 Å². The number of ether oxygens (including phenoxy) is 1. The molecule has 0 aliphatic carbocycles. The van der Waals surface area contributed by atoms with Crippen molar-refractivity contribution in [1.82, 2.24) is 4.98 Å². The van der Waals surface area contributed by atoms with Gasteiger partial charge in [0.1, 0.15) is 6.07 Å². The molecule has 10 heteroatoms. The molecule has 0 saturated heterocycles. The van der Waals surface area contributed by atoms with E-state index in [1.54, 1.807) is 0 Å². The second-order valence-electron chi connectivity index (χ2n) is 3.04. The molecule has 5 nitrogen and oxygen atoms in total. The number of hydrogen-bond donors (Lipinski definition) is 0. The minimum Gasteiger partial charge on any atom is -0.401 e. The first kappa shape index (κ1) is 14.5. The van der Waals surface area contributed by atoms with Gasteiger partial charge in [0, 0.05) is 16.4 Å². The third kappa shape index (κ3) is 3.48. The molecule has 0 bridgehead atoms. The van der Waals surface area contributed by atoms with Gasteiger partial charge in [0.2, 0.25) is 5.03 Å². The number of hydrogen-bond acceptors (Lipinski definition) is 5. The summed E-state index contributed by atoms with van der Waals surface area (Å²) in [5, 5.41) is 7.53. The standard InChI is InChI=1S/C8H4ClF3N2O3S/c1-4-2-5(3-13)6(17-8(10,11)12)7(14-4)18(9,15)16/h2H,1H3. The molecule has 0 spiro atoms. The second kappa shape index (κ2) is 4.62. The molecule has 1 aromatic heterocycles. The molecule has 0 aliphatic heterocycles. The lowest BCUT2D eigenvalue weighted by Crippen LogP contribution is -2.20. The Morgan fingerprint density at radius 1 is 1.50 bits per heavy atom. The number of alkyl halides is 3. The molecule has 0 aliphatic rings. The number of nitrogens with zero attached hydrogens (tertiary/aromatic N) is 2. The van der Waals surface area contributed by atoms with Crippen LogP contribution in [0.25, 0.3) is 0 Å². The third-order valence-electron chi connectivity index (χ3n) is 1.64. The van der Waals surface area contributed by atoms with Crippen LogP contribution >= 0.6 is 10.7 Å². The zero-order valence-electron chi connectivity index (χ0n) is 8.62. The van der Waals surface area contributed by atoms with Gasteiger partial charge in [0.05, 0.1) is 5.56 Å². The van der Waals surface area contributed by atoms with E-state index < -0.39 is 31.8 Å². The van der Waals surface area contributed by atoms with Crippen molar-refractivity contribution in [2.45, 2.75) is 18.3 Å². The van der Waals surface area contributed by atoms with E-state index in [1.807, 2.05) is 0 Å². The zero-order chi connectivity index (χ0) is 14.1. The molecular weight excluding hydrogens is 297 g/mol. The minimum atomic E-state index is -5.17. The maximum absolute atomic E-state index is 12.1. The quantitative estimate of drug-likeness (QED) is 0.781. The van der Waals surface area contributed by atoms with Crippen molar-refractivity contribution in [2.24, 2.45) is 0 Å². The van der Waals surface area contributed by atoms with Gasteiger partial charge in [0.15, 0.2) is 5.75 Å². The number of aryl methyl sites for hydroxylation is 1. The Morgan fingerprint density at radius 3 is 2.44 bits per heavy atom. The van der Waals surface area contributed by atoms with E-state index in [0.717, 1.165) is 6.07 Å². The average molecular weight is 301 g/mol. The van der Waals surface area contributed by atoms with Crippen LogP contribution in [0.15, 0.2) is 11.1 Å². The van der Waals surface area contributed by atoms with Crippen molar-refractivity contribution >= 4 is 19.7 Å². The van der Waals surface area contributed by atoms with Gasteiger partial charge in [-0.25, -0.2) is 13.4 Å². The molecule has 0 amide bonds. The summed E-state index contributed by atoms with van der Waals surface area (Å²) in [6.45, 7) is 1.30. The van der Waals surface area contributed by atoms with Crippen LogP contribution in [0.2, 0.25) is 0 Å². The van der Waals surface area contributed by atoms with Crippen LogP contribution in [0.4, 0.5) is 13.2 Å². The molecule has 1 aromatic rings. The van der Waals surface area contributed by atoms with Crippen molar-refractivity contribution in [3.8, 4) is 11.8 Å². The summed E-state index contributed by atoms with van der Waals surface area (Å²) in [6, 6.07) is 2.33. The third-order valence-corrected chi connectivity index (χ3v) is 2.82. The summed E-state index contributed by atoms with van der Waals surface area (Å²) in [5.41, 5.74) is -0.612. The van der Waals surface area contributed by atoms with Gasteiger partial charge in [-0.2, -0.15) is 5.26 Å². The number of rotatable bonds is 2. The molecule has 0 N–H and O–H groups in total. The first-order chi connectivity index (χ1) is 8.04. The second-order valence-corrected chi connectivity index (χ2v) is 5.52. The van der Waals surface area contributed by atoms with Crippen LogP contribution in [-0.2, 0) is 9.05 Å². The van der Waals surface area contributed by atoms with E-state index in [1.165, 1.54) is 13.0 Å². The van der Waals surface area contributed by atoms with Gasteiger partial charge in [0.25, 0.3) is 9.05 Å². The van der Waals surface area contributed by atoms with E-state index >= 15 is 0 Å². The predicted octanol–water partition coefficient (Wildman–Crippen LogP) is 2.09. The van der Waals surface area contributed by atoms with Crippen molar-refractivity contribution in [3.63, 3.8) is 0 Å². The minimum absolute atomic E-state index is 0.0142. The highest BCUT2D eigenvalue weighted by Crippen LogP contribution is 2.33. The van der Waals surface area contributed by atoms with Crippen LogP contribution in [0.3, 0.4) is 0 Å². The largest absolute Gasteiger partial charge is 0.573 e. The van der Waals surface area contributed by atoms with Gasteiger partial charge < -0.3 is 4.74 Å². The maximum atomic E-state index is 12.1. The van der Waals surface area contributed by atoms with Gasteiger partial charge in [-0.05, 0) is 13.0 Å². The van der Waals surface area contributed by atoms with Crippen molar-refractivity contribution in [2.75, 3.05) is 0 Å². The number of aromatic nitrogens is 1. The lowest BCUT2D eigenvalue weighted by molar-refractivity contribution is -0.275. The highest BCUT2D eigenvalue weighted by molar-refractivity contribution is 8.13. The number of pyridine rings is 1. The lowest BCUT2D eigenvalue weighted by Gasteiger charge is -2.12. The summed E-state index contributed by atoms with van der Waals surface area (Å²) in [7, 11) is 0.370. The fourth-order valence-electron chi connectivity index (χ4n) is 1.10. The average Bonchev–Trinajstić information content (AvgIpc) is 2.16. The zero-order valence-corrected chi connectivity index (χ0v) is 10.2. The normalized spacial score (nSPS) is 12.0. The molecule has 18 heavy (non-hydrogen) atoms. The van der Waals surface area contributed by atoms with Crippen molar-refractivity contribution in [3.05, 3.63) is 17.3 Å². The maximum Gasteiger partial charge on any atom is 0.573 e. The van der Waals surface area contributed by atoms with Gasteiger partial charge in [-0.3, -0.25) is 0 Å². The summed E-state index contributed by atoms with van der Waals surface area (Å²) in [6.07, 6.45) is -5.17. The summed E-state index contributed by atoms with van der Waals surface area (Å²) >= 11 is 0. The van der Waals surface area contributed by atoms with E-state index in [9.17, 15) is 21.6 Å². The van der Waals surface area contributed by atoms with E-state index in [2.05, 4.69) is 9.72 Å². The van der Waals surface area contributed by atoms with E-state index in [4.69, 9.17) is 15.9 Å². The Bertz CT molecular complexity index is 622. The molecule has 0 radical (unpaired) electrons. The highest BCUT2D eigenvalue weighted by Gasteiger charge is 2.36. The summed E-state index contributed by atoms with van der Waals surface area (Å²) in [4.78, 5) is 3.34. The lowest BCUT2D eigenvalue weighted by atomic mass is 10.2. The molecule has 0 fully saturated rings. The van der Waals surface area contributed by atoms with Gasteiger partial charge >= 0.3 is 6.36 Å². The Morgan fingerprint density at radius 2 is 2.06 bits per heavy atom. The number of halogens is 4. The Kier molecular flexibility index (Phi) is 3.73. The molecule has 98 valence electrons. The molecule has 0 atom stereocenters. The Labute approximate surface area is 104 Å². The topological polar surface area (TPSA) is 80.0 Å². The smallest absolute Gasteiger partial charge is 0.401 e. The van der Waals surface area contributed by atoms with Crippen LogP contribution in [0.5, 0.6) is 5.75 Å². The predicted molar refractivity (Wildman–Crippen MR) is 53.4 cm³/mol. The monoisotopic (exact) mass is 300 g/mol. The van der Waals surface area contributed by atoms with Crippen LogP contribution in [0, 0.1) is 18.3 Å².